The zero-order chi connectivity index (χ0) is 15.0. The minimum Gasteiger partial charge on any atom is -0.320 e. The Bertz CT molecular complexity index is 652. The van der Waals surface area contributed by atoms with Crippen LogP contribution in [0.2, 0.25) is 0 Å². The van der Waals surface area contributed by atoms with Gasteiger partial charge in [-0.3, -0.25) is 4.90 Å². The second kappa shape index (κ2) is 4.84. The molecule has 0 spiro atoms. The van der Waals surface area contributed by atoms with Gasteiger partial charge in [0.1, 0.15) is 0 Å². The van der Waals surface area contributed by atoms with Crippen LogP contribution in [0.5, 0.6) is 0 Å². The van der Waals surface area contributed by atoms with Crippen LogP contribution in [0, 0.1) is 0 Å². The summed E-state index contributed by atoms with van der Waals surface area (Å²) in [5.74, 6) is 0.456. The predicted octanol–water partition coefficient (Wildman–Crippen LogP) is 2.79. The number of benzene rings is 1. The van der Waals surface area contributed by atoms with Crippen LogP contribution in [-0.2, 0) is 0 Å². The second-order valence-corrected chi connectivity index (χ2v) is 5.88. The largest absolute Gasteiger partial charge is 0.327 e. The third kappa shape index (κ3) is 2.35. The number of hydrogen-bond donors (Lipinski definition) is 0. The van der Waals surface area contributed by atoms with Crippen molar-refractivity contribution in [2.24, 2.45) is 0 Å². The Morgan fingerprint density at radius 2 is 1.67 bits per heavy atom. The molecule has 1 fully saturated rings. The van der Waals surface area contributed by atoms with Crippen molar-refractivity contribution in [1.29, 1.82) is 0 Å². The quantitative estimate of drug-likeness (QED) is 0.851. The number of carbonyl (C=O) groups is 1. The first-order valence-corrected chi connectivity index (χ1v) is 6.92. The molecular weight excluding hydrogens is 264 g/mol. The number of aromatic nitrogens is 2. The second-order valence-electron chi connectivity index (χ2n) is 5.88. The summed E-state index contributed by atoms with van der Waals surface area (Å²) < 4.78 is 0. The highest BCUT2D eigenvalue weighted by Gasteiger charge is 2.42. The summed E-state index contributed by atoms with van der Waals surface area (Å²) >= 11 is 0. The summed E-state index contributed by atoms with van der Waals surface area (Å²) in [7, 11) is 1.81. The molecule has 1 saturated heterocycles. The molecule has 0 bridgehead atoms. The molecule has 2 heterocycles. The van der Waals surface area contributed by atoms with Crippen LogP contribution in [0.1, 0.15) is 13.8 Å². The first-order chi connectivity index (χ1) is 9.99. The van der Waals surface area contributed by atoms with E-state index in [1.807, 2.05) is 44.2 Å². The normalized spacial score (nSPS) is 17.4. The maximum absolute atomic E-state index is 12.2. The summed E-state index contributed by atoms with van der Waals surface area (Å²) in [6.45, 7) is 4.65. The van der Waals surface area contributed by atoms with E-state index in [0.717, 1.165) is 11.1 Å². The highest BCUT2D eigenvalue weighted by Crippen LogP contribution is 2.27. The lowest BCUT2D eigenvalue weighted by Crippen LogP contribution is -2.38. The number of rotatable bonds is 2. The lowest BCUT2D eigenvalue weighted by Gasteiger charge is -2.24. The topological polar surface area (TPSA) is 49.3 Å². The minimum absolute atomic E-state index is 0.0625. The van der Waals surface area contributed by atoms with Gasteiger partial charge < -0.3 is 4.90 Å². The Hall–Kier alpha value is -2.43. The molecule has 0 saturated carbocycles. The molecule has 0 N–H and O–H groups in total. The summed E-state index contributed by atoms with van der Waals surface area (Å²) in [6.07, 6.45) is 3.52. The number of anilines is 1. The molecule has 1 aromatic heterocycles. The summed E-state index contributed by atoms with van der Waals surface area (Å²) in [5, 5.41) is 0. The monoisotopic (exact) mass is 282 g/mol. The van der Waals surface area contributed by atoms with Crippen molar-refractivity contribution in [1.82, 2.24) is 14.9 Å². The number of likely N-dealkylation sites (N-methyl/N-ethyl adjacent to an activating group) is 1. The lowest BCUT2D eigenvalue weighted by molar-refractivity contribution is 0.198. The molecule has 5 nitrogen and oxygen atoms in total. The Morgan fingerprint density at radius 3 is 2.19 bits per heavy atom. The molecule has 0 radical (unpaired) electrons. The molecule has 0 aliphatic carbocycles. The average Bonchev–Trinajstić information content (AvgIpc) is 2.72. The Kier molecular flexibility index (Phi) is 3.12. The van der Waals surface area contributed by atoms with Crippen LogP contribution in [-0.4, -0.2) is 40.0 Å². The van der Waals surface area contributed by atoms with Gasteiger partial charge in [-0.05, 0) is 19.4 Å². The van der Waals surface area contributed by atoms with Crippen LogP contribution < -0.4 is 4.90 Å². The van der Waals surface area contributed by atoms with Crippen molar-refractivity contribution in [3.8, 4) is 11.1 Å². The zero-order valence-corrected chi connectivity index (χ0v) is 12.4. The van der Waals surface area contributed by atoms with Crippen molar-refractivity contribution in [3.05, 3.63) is 42.7 Å². The maximum Gasteiger partial charge on any atom is 0.327 e. The third-order valence-electron chi connectivity index (χ3n) is 3.96. The number of hydrogen-bond acceptors (Lipinski definition) is 3. The molecule has 1 aromatic carbocycles. The standard InChI is InChI=1S/C16H18N4O/c1-16(2)11-20(15(21)19(16)3)14-17-9-13(10-18-14)12-7-5-4-6-8-12/h4-10H,11H2,1-3H3. The fourth-order valence-corrected chi connectivity index (χ4v) is 2.40. The number of amides is 2. The van der Waals surface area contributed by atoms with E-state index in [1.165, 1.54) is 0 Å². The van der Waals surface area contributed by atoms with Crippen LogP contribution in [0.3, 0.4) is 0 Å². The fraction of sp³-hybridized carbons (Fsp3) is 0.312. The minimum atomic E-state index is -0.210. The van der Waals surface area contributed by atoms with Crippen LogP contribution in [0.15, 0.2) is 42.7 Å². The molecule has 1 aliphatic rings. The van der Waals surface area contributed by atoms with Gasteiger partial charge in [-0.25, -0.2) is 14.8 Å². The maximum atomic E-state index is 12.2. The molecule has 3 rings (SSSR count). The number of urea groups is 1. The highest BCUT2D eigenvalue weighted by molar-refractivity contribution is 5.93. The van der Waals surface area contributed by atoms with E-state index >= 15 is 0 Å². The van der Waals surface area contributed by atoms with Crippen LogP contribution in [0.4, 0.5) is 10.7 Å². The summed E-state index contributed by atoms with van der Waals surface area (Å²) in [4.78, 5) is 24.3. The zero-order valence-electron chi connectivity index (χ0n) is 12.4. The molecule has 2 aromatic rings. The van der Waals surface area contributed by atoms with Crippen molar-refractivity contribution in [3.63, 3.8) is 0 Å². The lowest BCUT2D eigenvalue weighted by atomic mass is 10.1. The third-order valence-corrected chi connectivity index (χ3v) is 3.96. The number of carbonyl (C=O) groups excluding carboxylic acids is 1. The molecule has 21 heavy (non-hydrogen) atoms. The molecule has 2 amide bonds. The van der Waals surface area contributed by atoms with E-state index in [2.05, 4.69) is 9.97 Å². The van der Waals surface area contributed by atoms with E-state index in [1.54, 1.807) is 29.2 Å². The fourth-order valence-electron chi connectivity index (χ4n) is 2.40. The van der Waals surface area contributed by atoms with E-state index in [4.69, 9.17) is 0 Å². The molecule has 5 heteroatoms. The summed E-state index contributed by atoms with van der Waals surface area (Å²) in [5.41, 5.74) is 1.80. The molecule has 108 valence electrons. The molecular formula is C16H18N4O. The highest BCUT2D eigenvalue weighted by atomic mass is 16.2. The Balaban J connectivity index is 1.87. The number of nitrogens with zero attached hydrogens (tertiary/aromatic N) is 4. The first kappa shape index (κ1) is 13.5. The van der Waals surface area contributed by atoms with Crippen molar-refractivity contribution >= 4 is 12.0 Å². The van der Waals surface area contributed by atoms with Crippen molar-refractivity contribution < 1.29 is 4.79 Å². The van der Waals surface area contributed by atoms with E-state index in [-0.39, 0.29) is 11.6 Å². The van der Waals surface area contributed by atoms with Crippen LogP contribution >= 0.6 is 0 Å². The smallest absolute Gasteiger partial charge is 0.320 e. The Labute approximate surface area is 124 Å². The first-order valence-electron chi connectivity index (χ1n) is 6.92. The predicted molar refractivity (Wildman–Crippen MR) is 82.1 cm³/mol. The van der Waals surface area contributed by atoms with Crippen molar-refractivity contribution in [2.45, 2.75) is 19.4 Å². The molecule has 0 atom stereocenters. The molecule has 1 aliphatic heterocycles. The van der Waals surface area contributed by atoms with Gasteiger partial charge in [-0.15, -0.1) is 0 Å². The Morgan fingerprint density at radius 1 is 1.05 bits per heavy atom. The van der Waals surface area contributed by atoms with Gasteiger partial charge in [-0.2, -0.15) is 0 Å². The van der Waals surface area contributed by atoms with E-state index < -0.39 is 0 Å². The van der Waals surface area contributed by atoms with Crippen LogP contribution in [0.25, 0.3) is 11.1 Å². The van der Waals surface area contributed by atoms with Gasteiger partial charge in [0, 0.05) is 25.0 Å². The summed E-state index contributed by atoms with van der Waals surface area (Å²) in [6, 6.07) is 9.88. The SMILES string of the molecule is CN1C(=O)N(c2ncc(-c3ccccc3)cn2)CC1(C)C. The van der Waals surface area contributed by atoms with E-state index in [9.17, 15) is 4.79 Å². The van der Waals surface area contributed by atoms with Crippen molar-refractivity contribution in [2.75, 3.05) is 18.5 Å². The van der Waals surface area contributed by atoms with Gasteiger partial charge in [-0.1, -0.05) is 30.3 Å². The molecule has 0 unspecified atom stereocenters. The average molecular weight is 282 g/mol. The van der Waals surface area contributed by atoms with Gasteiger partial charge in [0.25, 0.3) is 0 Å². The van der Waals surface area contributed by atoms with E-state index in [0.29, 0.717) is 12.5 Å². The van der Waals surface area contributed by atoms with Gasteiger partial charge in [0.2, 0.25) is 5.95 Å². The van der Waals surface area contributed by atoms with Gasteiger partial charge in [0.15, 0.2) is 0 Å². The van der Waals surface area contributed by atoms with Gasteiger partial charge >= 0.3 is 6.03 Å². The van der Waals surface area contributed by atoms with Gasteiger partial charge in [0.05, 0.1) is 12.1 Å².